The van der Waals surface area contributed by atoms with Gasteiger partial charge in [-0.2, -0.15) is 0 Å². The van der Waals surface area contributed by atoms with Gasteiger partial charge in [-0.15, -0.1) is 0 Å². The molecule has 5 nitrogen and oxygen atoms in total. The number of nitrogens with zero attached hydrogens (tertiary/aromatic N) is 1. The molecule has 0 aromatic heterocycles. The molecule has 0 saturated heterocycles. The molecule has 0 aliphatic carbocycles. The Balaban J connectivity index is 2.53. The maximum Gasteiger partial charge on any atom is 0.437 e. The number of oxime groups is 1. The Kier molecular flexibility index (Phi) is 4.32. The lowest BCUT2D eigenvalue weighted by molar-refractivity contribution is 0.166. The SMILES string of the molecule is COc1ccc(NC(=O)ON=C(C)C)cc1. The van der Waals surface area contributed by atoms with Crippen LogP contribution in [0.4, 0.5) is 10.5 Å². The van der Waals surface area contributed by atoms with Gasteiger partial charge in [-0.25, -0.2) is 4.79 Å². The second-order valence-corrected chi connectivity index (χ2v) is 3.27. The average molecular weight is 222 g/mol. The molecular formula is C11H14N2O3. The molecule has 1 amide bonds. The third-order valence-electron chi connectivity index (χ3n) is 1.65. The molecule has 1 rings (SSSR count). The quantitative estimate of drug-likeness (QED) is 0.486. The summed E-state index contributed by atoms with van der Waals surface area (Å²) in [6, 6.07) is 6.90. The number of carbonyl (C=O) groups excluding carboxylic acids is 1. The van der Waals surface area contributed by atoms with Crippen molar-refractivity contribution < 1.29 is 14.4 Å². The summed E-state index contributed by atoms with van der Waals surface area (Å²) in [6.07, 6.45) is -0.619. The van der Waals surface area contributed by atoms with Crippen LogP contribution in [0.25, 0.3) is 0 Å². The van der Waals surface area contributed by atoms with Crippen molar-refractivity contribution >= 4 is 17.5 Å². The summed E-state index contributed by atoms with van der Waals surface area (Å²) in [5.74, 6) is 0.723. The van der Waals surface area contributed by atoms with Crippen molar-refractivity contribution in [3.05, 3.63) is 24.3 Å². The largest absolute Gasteiger partial charge is 0.497 e. The van der Waals surface area contributed by atoms with Gasteiger partial charge >= 0.3 is 6.09 Å². The van der Waals surface area contributed by atoms with E-state index in [1.807, 2.05) is 0 Å². The summed E-state index contributed by atoms with van der Waals surface area (Å²) in [5, 5.41) is 6.06. The number of carbonyl (C=O) groups is 1. The van der Waals surface area contributed by atoms with Crippen LogP contribution >= 0.6 is 0 Å². The lowest BCUT2D eigenvalue weighted by atomic mass is 10.3. The minimum Gasteiger partial charge on any atom is -0.497 e. The number of hydrogen-bond acceptors (Lipinski definition) is 4. The lowest BCUT2D eigenvalue weighted by Gasteiger charge is -2.04. The van der Waals surface area contributed by atoms with Crippen molar-refractivity contribution in [3.8, 4) is 5.75 Å². The molecule has 0 atom stereocenters. The van der Waals surface area contributed by atoms with Crippen LogP contribution in [0.5, 0.6) is 5.75 Å². The first-order valence-electron chi connectivity index (χ1n) is 4.75. The van der Waals surface area contributed by atoms with Crippen LogP contribution in [0.1, 0.15) is 13.8 Å². The molecule has 1 N–H and O–H groups in total. The molecule has 0 spiro atoms. The van der Waals surface area contributed by atoms with Crippen LogP contribution in [0.3, 0.4) is 0 Å². The van der Waals surface area contributed by atoms with Gasteiger partial charge in [0.05, 0.1) is 12.8 Å². The Bertz CT molecular complexity index is 381. The van der Waals surface area contributed by atoms with E-state index in [9.17, 15) is 4.79 Å². The van der Waals surface area contributed by atoms with Gasteiger partial charge in [0, 0.05) is 5.69 Å². The molecule has 1 aromatic carbocycles. The molecule has 0 radical (unpaired) electrons. The van der Waals surface area contributed by atoms with E-state index in [1.165, 1.54) is 0 Å². The summed E-state index contributed by atoms with van der Waals surface area (Å²) in [4.78, 5) is 15.8. The predicted molar refractivity (Wildman–Crippen MR) is 61.9 cm³/mol. The molecule has 16 heavy (non-hydrogen) atoms. The number of anilines is 1. The number of benzene rings is 1. The van der Waals surface area contributed by atoms with Crippen molar-refractivity contribution in [2.24, 2.45) is 5.16 Å². The van der Waals surface area contributed by atoms with Crippen LogP contribution in [0.2, 0.25) is 0 Å². The van der Waals surface area contributed by atoms with Crippen molar-refractivity contribution in [3.63, 3.8) is 0 Å². The predicted octanol–water partition coefficient (Wildman–Crippen LogP) is 2.64. The van der Waals surface area contributed by atoms with Crippen LogP contribution in [-0.4, -0.2) is 18.9 Å². The molecule has 0 unspecified atom stereocenters. The van der Waals surface area contributed by atoms with Crippen molar-refractivity contribution in [1.29, 1.82) is 0 Å². The third-order valence-corrected chi connectivity index (χ3v) is 1.65. The summed E-state index contributed by atoms with van der Waals surface area (Å²) < 4.78 is 4.99. The average Bonchev–Trinajstić information content (AvgIpc) is 2.27. The van der Waals surface area contributed by atoms with Crippen LogP contribution in [-0.2, 0) is 4.84 Å². The molecule has 86 valence electrons. The van der Waals surface area contributed by atoms with E-state index < -0.39 is 6.09 Å². The Labute approximate surface area is 94.0 Å². The monoisotopic (exact) mass is 222 g/mol. The molecule has 0 aliphatic rings. The molecule has 0 aliphatic heterocycles. The second kappa shape index (κ2) is 5.75. The maximum absolute atomic E-state index is 11.2. The van der Waals surface area contributed by atoms with Gasteiger partial charge in [-0.05, 0) is 38.1 Å². The van der Waals surface area contributed by atoms with Crippen molar-refractivity contribution in [1.82, 2.24) is 0 Å². The van der Waals surface area contributed by atoms with Gasteiger partial charge in [-0.3, -0.25) is 10.2 Å². The van der Waals surface area contributed by atoms with E-state index in [2.05, 4.69) is 15.3 Å². The van der Waals surface area contributed by atoms with Gasteiger partial charge in [0.15, 0.2) is 0 Å². The van der Waals surface area contributed by atoms with Gasteiger partial charge in [0.2, 0.25) is 0 Å². The Morgan fingerprint density at radius 3 is 2.38 bits per heavy atom. The minimum atomic E-state index is -0.619. The number of rotatable bonds is 3. The van der Waals surface area contributed by atoms with Gasteiger partial charge in [0.1, 0.15) is 5.75 Å². The fourth-order valence-corrected chi connectivity index (χ4v) is 0.948. The first-order valence-corrected chi connectivity index (χ1v) is 4.75. The van der Waals surface area contributed by atoms with E-state index in [0.717, 1.165) is 5.75 Å². The number of methoxy groups -OCH3 is 1. The van der Waals surface area contributed by atoms with E-state index in [-0.39, 0.29) is 0 Å². The number of nitrogens with one attached hydrogen (secondary N) is 1. The topological polar surface area (TPSA) is 59.9 Å². The highest BCUT2D eigenvalue weighted by atomic mass is 16.7. The molecule has 5 heteroatoms. The maximum atomic E-state index is 11.2. The standard InChI is InChI=1S/C11H14N2O3/c1-8(2)13-16-11(14)12-9-4-6-10(15-3)7-5-9/h4-7H,1-3H3,(H,12,14). The Morgan fingerprint density at radius 1 is 1.25 bits per heavy atom. The van der Waals surface area contributed by atoms with Crippen molar-refractivity contribution in [2.75, 3.05) is 12.4 Å². The fraction of sp³-hybridized carbons (Fsp3) is 0.273. The molecule has 0 heterocycles. The zero-order chi connectivity index (χ0) is 12.0. The number of hydrogen-bond donors (Lipinski definition) is 1. The highest BCUT2D eigenvalue weighted by Crippen LogP contribution is 2.14. The smallest absolute Gasteiger partial charge is 0.437 e. The van der Waals surface area contributed by atoms with E-state index in [0.29, 0.717) is 11.4 Å². The third kappa shape index (κ3) is 4.00. The first-order chi connectivity index (χ1) is 7.61. The molecule has 1 aromatic rings. The number of ether oxygens (including phenoxy) is 1. The zero-order valence-electron chi connectivity index (χ0n) is 9.48. The summed E-state index contributed by atoms with van der Waals surface area (Å²) in [5.41, 5.74) is 1.29. The summed E-state index contributed by atoms with van der Waals surface area (Å²) in [7, 11) is 1.58. The first kappa shape index (κ1) is 12.0. The van der Waals surface area contributed by atoms with E-state index in [1.54, 1.807) is 45.2 Å². The van der Waals surface area contributed by atoms with Gasteiger partial charge < -0.3 is 4.74 Å². The zero-order valence-corrected chi connectivity index (χ0v) is 9.48. The van der Waals surface area contributed by atoms with Crippen LogP contribution < -0.4 is 10.1 Å². The van der Waals surface area contributed by atoms with Gasteiger partial charge in [-0.1, -0.05) is 5.16 Å². The second-order valence-electron chi connectivity index (χ2n) is 3.27. The lowest BCUT2D eigenvalue weighted by Crippen LogP contribution is -2.11. The molecule has 0 fully saturated rings. The molecule has 0 saturated carbocycles. The normalized spacial score (nSPS) is 9.19. The molecular weight excluding hydrogens is 208 g/mol. The highest BCUT2D eigenvalue weighted by molar-refractivity contribution is 5.86. The number of amides is 1. The summed E-state index contributed by atoms with van der Waals surface area (Å²) in [6.45, 7) is 3.47. The molecule has 0 bridgehead atoms. The Hall–Kier alpha value is -2.04. The van der Waals surface area contributed by atoms with E-state index in [4.69, 9.17) is 4.74 Å². The Morgan fingerprint density at radius 2 is 1.88 bits per heavy atom. The highest BCUT2D eigenvalue weighted by Gasteiger charge is 2.02. The minimum absolute atomic E-state index is 0.619. The van der Waals surface area contributed by atoms with Crippen LogP contribution in [0.15, 0.2) is 29.4 Å². The van der Waals surface area contributed by atoms with Gasteiger partial charge in [0.25, 0.3) is 0 Å². The van der Waals surface area contributed by atoms with E-state index >= 15 is 0 Å². The fourth-order valence-electron chi connectivity index (χ4n) is 0.948. The van der Waals surface area contributed by atoms with Crippen molar-refractivity contribution in [2.45, 2.75) is 13.8 Å². The summed E-state index contributed by atoms with van der Waals surface area (Å²) >= 11 is 0. The van der Waals surface area contributed by atoms with Crippen LogP contribution in [0, 0.1) is 0 Å².